The molecule has 1 atom stereocenters. The SMILES string of the molecule is OC(Nc1ccc(C(F)(F)F)cn1)N1CCC(F)(c2ncccc2Cl)CC1. The van der Waals surface area contributed by atoms with E-state index in [9.17, 15) is 18.3 Å². The van der Waals surface area contributed by atoms with Crippen LogP contribution in [0.15, 0.2) is 36.7 Å². The molecule has 5 nitrogen and oxygen atoms in total. The van der Waals surface area contributed by atoms with Crippen LogP contribution in [0.25, 0.3) is 0 Å². The van der Waals surface area contributed by atoms with Crippen molar-refractivity contribution in [2.45, 2.75) is 31.0 Å². The topological polar surface area (TPSA) is 61.3 Å². The molecule has 0 spiro atoms. The highest BCUT2D eigenvalue weighted by atomic mass is 35.5. The van der Waals surface area contributed by atoms with Crippen LogP contribution in [0.3, 0.4) is 0 Å². The number of piperidine rings is 1. The van der Waals surface area contributed by atoms with Gasteiger partial charge in [0.15, 0.2) is 12.0 Å². The number of aliphatic hydroxyl groups is 1. The van der Waals surface area contributed by atoms with Gasteiger partial charge in [0.05, 0.1) is 16.3 Å². The number of likely N-dealkylation sites (tertiary alicyclic amines) is 1. The summed E-state index contributed by atoms with van der Waals surface area (Å²) >= 11 is 6.03. The van der Waals surface area contributed by atoms with Gasteiger partial charge in [-0.1, -0.05) is 11.6 Å². The Morgan fingerprint density at radius 1 is 1.19 bits per heavy atom. The Bertz CT molecular complexity index is 779. The Morgan fingerprint density at radius 2 is 1.89 bits per heavy atom. The van der Waals surface area contributed by atoms with Gasteiger partial charge >= 0.3 is 6.18 Å². The maximum Gasteiger partial charge on any atom is 0.417 e. The molecule has 2 N–H and O–H groups in total. The van der Waals surface area contributed by atoms with E-state index in [4.69, 9.17) is 11.6 Å². The summed E-state index contributed by atoms with van der Waals surface area (Å²) in [7, 11) is 0. The summed E-state index contributed by atoms with van der Waals surface area (Å²) in [6, 6.07) is 5.19. The highest BCUT2D eigenvalue weighted by Gasteiger charge is 2.40. The number of aromatic nitrogens is 2. The van der Waals surface area contributed by atoms with E-state index in [0.29, 0.717) is 6.20 Å². The van der Waals surface area contributed by atoms with Crippen molar-refractivity contribution in [2.75, 3.05) is 18.4 Å². The van der Waals surface area contributed by atoms with E-state index in [2.05, 4.69) is 15.3 Å². The first kappa shape index (κ1) is 19.8. The van der Waals surface area contributed by atoms with Crippen molar-refractivity contribution in [3.05, 3.63) is 52.9 Å². The standard InChI is InChI=1S/C17H17ClF4N4O/c18-12-2-1-7-23-14(12)16(19)5-8-26(9-6-16)15(27)25-13-4-3-11(10-24-13)17(20,21)22/h1-4,7,10,15,27H,5-6,8-9H2,(H,24,25). The van der Waals surface area contributed by atoms with E-state index >= 15 is 4.39 Å². The molecule has 1 aliphatic rings. The van der Waals surface area contributed by atoms with Crippen molar-refractivity contribution in [1.82, 2.24) is 14.9 Å². The lowest BCUT2D eigenvalue weighted by atomic mass is 9.89. The molecule has 0 amide bonds. The van der Waals surface area contributed by atoms with Gasteiger partial charge in [0.1, 0.15) is 5.82 Å². The molecule has 3 heterocycles. The van der Waals surface area contributed by atoms with E-state index < -0.39 is 23.8 Å². The Labute approximate surface area is 158 Å². The first-order valence-corrected chi connectivity index (χ1v) is 8.59. The van der Waals surface area contributed by atoms with Crippen LogP contribution >= 0.6 is 11.6 Å². The second kappa shape index (κ2) is 7.57. The fourth-order valence-electron chi connectivity index (χ4n) is 2.95. The maximum atomic E-state index is 15.2. The van der Waals surface area contributed by atoms with Crippen LogP contribution in [-0.2, 0) is 11.8 Å². The summed E-state index contributed by atoms with van der Waals surface area (Å²) < 4.78 is 52.8. The number of halogens is 5. The first-order valence-electron chi connectivity index (χ1n) is 8.21. The second-order valence-electron chi connectivity index (χ2n) is 6.28. The van der Waals surface area contributed by atoms with Crippen molar-refractivity contribution in [2.24, 2.45) is 0 Å². The molecule has 146 valence electrons. The second-order valence-corrected chi connectivity index (χ2v) is 6.69. The number of alkyl halides is 4. The van der Waals surface area contributed by atoms with Crippen molar-refractivity contribution in [3.63, 3.8) is 0 Å². The molecule has 1 unspecified atom stereocenters. The minimum absolute atomic E-state index is 0.0723. The number of hydrogen-bond donors (Lipinski definition) is 2. The molecule has 0 aromatic carbocycles. The largest absolute Gasteiger partial charge is 0.417 e. The maximum absolute atomic E-state index is 15.2. The lowest BCUT2D eigenvalue weighted by Crippen LogP contribution is -2.48. The molecule has 1 fully saturated rings. The average molecular weight is 405 g/mol. The van der Waals surface area contributed by atoms with Crippen LogP contribution in [0.5, 0.6) is 0 Å². The van der Waals surface area contributed by atoms with Crippen molar-refractivity contribution in [1.29, 1.82) is 0 Å². The van der Waals surface area contributed by atoms with Crippen molar-refractivity contribution in [3.8, 4) is 0 Å². The molecule has 0 saturated carbocycles. The zero-order valence-corrected chi connectivity index (χ0v) is 14.8. The minimum Gasteiger partial charge on any atom is -0.361 e. The predicted octanol–water partition coefficient (Wildman–Crippen LogP) is 3.80. The van der Waals surface area contributed by atoms with E-state index in [-0.39, 0.29) is 42.5 Å². The van der Waals surface area contributed by atoms with Gasteiger partial charge in [-0.25, -0.2) is 9.37 Å². The number of nitrogens with one attached hydrogen (secondary N) is 1. The summed E-state index contributed by atoms with van der Waals surface area (Å²) in [5.41, 5.74) is -2.39. The summed E-state index contributed by atoms with van der Waals surface area (Å²) in [5.74, 6) is 0.0837. The van der Waals surface area contributed by atoms with Crippen LogP contribution in [0.2, 0.25) is 5.02 Å². The van der Waals surface area contributed by atoms with E-state index in [1.807, 2.05) is 0 Å². The van der Waals surface area contributed by atoms with Gasteiger partial charge in [0, 0.05) is 38.3 Å². The summed E-state index contributed by atoms with van der Waals surface area (Å²) in [6.45, 7) is 0.413. The Morgan fingerprint density at radius 3 is 2.44 bits per heavy atom. The minimum atomic E-state index is -4.48. The van der Waals surface area contributed by atoms with Crippen molar-refractivity contribution >= 4 is 17.4 Å². The number of nitrogens with zero attached hydrogens (tertiary/aromatic N) is 3. The first-order chi connectivity index (χ1) is 12.7. The predicted molar refractivity (Wildman–Crippen MR) is 91.7 cm³/mol. The van der Waals surface area contributed by atoms with Gasteiger partial charge in [-0.3, -0.25) is 9.88 Å². The van der Waals surface area contributed by atoms with Crippen LogP contribution in [0.1, 0.15) is 24.1 Å². The zero-order chi connectivity index (χ0) is 19.7. The van der Waals surface area contributed by atoms with Gasteiger partial charge < -0.3 is 10.4 Å². The highest BCUT2D eigenvalue weighted by Crippen LogP contribution is 2.39. The van der Waals surface area contributed by atoms with E-state index in [1.165, 1.54) is 6.20 Å². The fourth-order valence-corrected chi connectivity index (χ4v) is 3.24. The van der Waals surface area contributed by atoms with Crippen LogP contribution in [-0.4, -0.2) is 39.4 Å². The van der Waals surface area contributed by atoms with E-state index in [0.717, 1.165) is 12.1 Å². The number of pyridine rings is 2. The zero-order valence-electron chi connectivity index (χ0n) is 14.0. The third-order valence-electron chi connectivity index (χ3n) is 4.49. The quantitative estimate of drug-likeness (QED) is 0.599. The molecule has 10 heteroatoms. The van der Waals surface area contributed by atoms with Gasteiger partial charge in [-0.2, -0.15) is 13.2 Å². The molecule has 0 aliphatic carbocycles. The van der Waals surface area contributed by atoms with Crippen LogP contribution < -0.4 is 5.32 Å². The Hall–Kier alpha value is -1.97. The van der Waals surface area contributed by atoms with Crippen molar-refractivity contribution < 1.29 is 22.7 Å². The fraction of sp³-hybridized carbons (Fsp3) is 0.412. The molecular formula is C17H17ClF4N4O. The molecule has 27 heavy (non-hydrogen) atoms. The molecule has 1 aliphatic heterocycles. The van der Waals surface area contributed by atoms with E-state index in [1.54, 1.807) is 17.0 Å². The summed E-state index contributed by atoms with van der Waals surface area (Å²) in [4.78, 5) is 9.25. The molecule has 2 aromatic rings. The van der Waals surface area contributed by atoms with Gasteiger partial charge in [0.2, 0.25) is 0 Å². The molecular weight excluding hydrogens is 388 g/mol. The molecule has 0 radical (unpaired) electrons. The molecule has 1 saturated heterocycles. The normalized spacial score (nSPS) is 18.9. The van der Waals surface area contributed by atoms with Crippen LogP contribution in [0.4, 0.5) is 23.4 Å². The molecule has 2 aromatic heterocycles. The van der Waals surface area contributed by atoms with Gasteiger partial charge in [-0.15, -0.1) is 0 Å². The third-order valence-corrected chi connectivity index (χ3v) is 4.79. The lowest BCUT2D eigenvalue weighted by molar-refractivity contribution is -0.137. The monoisotopic (exact) mass is 404 g/mol. The lowest BCUT2D eigenvalue weighted by Gasteiger charge is -2.38. The Kier molecular flexibility index (Phi) is 5.55. The number of hydrogen-bond acceptors (Lipinski definition) is 5. The molecule has 0 bridgehead atoms. The Balaban J connectivity index is 1.60. The summed E-state index contributed by atoms with van der Waals surface area (Å²) in [6.07, 6.45) is -3.39. The van der Waals surface area contributed by atoms with Crippen LogP contribution in [0, 0.1) is 0 Å². The average Bonchev–Trinajstić information content (AvgIpc) is 2.62. The number of anilines is 1. The smallest absolute Gasteiger partial charge is 0.361 e. The van der Waals surface area contributed by atoms with Gasteiger partial charge in [0.25, 0.3) is 0 Å². The highest BCUT2D eigenvalue weighted by molar-refractivity contribution is 6.31. The number of aliphatic hydroxyl groups excluding tert-OH is 1. The molecule has 3 rings (SSSR count). The van der Waals surface area contributed by atoms with Gasteiger partial charge in [-0.05, 0) is 24.3 Å². The summed E-state index contributed by atoms with van der Waals surface area (Å²) in [5, 5.41) is 13.1. The third kappa shape index (κ3) is 4.48. The number of rotatable bonds is 4.